The number of rotatable bonds is 4. The van der Waals surface area contributed by atoms with Crippen LogP contribution in [0.15, 0.2) is 24.3 Å². The Morgan fingerprint density at radius 1 is 1.24 bits per heavy atom. The smallest absolute Gasteiger partial charge is 0.227 e. The van der Waals surface area contributed by atoms with E-state index in [9.17, 15) is 14.0 Å². The van der Waals surface area contributed by atoms with Gasteiger partial charge in [0.1, 0.15) is 5.82 Å². The molecule has 3 rings (SSSR count). The average Bonchev–Trinajstić information content (AvgIpc) is 2.96. The second kappa shape index (κ2) is 7.12. The molecule has 136 valence electrons. The van der Waals surface area contributed by atoms with Crippen molar-refractivity contribution in [3.05, 3.63) is 35.6 Å². The molecule has 6 heteroatoms. The number of nitrogens with zero attached hydrogens (tertiary/aromatic N) is 2. The number of benzene rings is 1. The van der Waals surface area contributed by atoms with E-state index in [4.69, 9.17) is 4.74 Å². The van der Waals surface area contributed by atoms with Crippen LogP contribution in [0.1, 0.15) is 18.9 Å². The summed E-state index contributed by atoms with van der Waals surface area (Å²) in [5.74, 6) is 0.0732. The van der Waals surface area contributed by atoms with Crippen molar-refractivity contribution in [3.8, 4) is 0 Å². The first-order chi connectivity index (χ1) is 11.9. The molecule has 1 aromatic rings. The molecule has 2 aliphatic rings. The molecule has 2 atom stereocenters. The van der Waals surface area contributed by atoms with Crippen molar-refractivity contribution in [1.29, 1.82) is 0 Å². The van der Waals surface area contributed by atoms with Crippen molar-refractivity contribution in [2.24, 2.45) is 11.3 Å². The van der Waals surface area contributed by atoms with Crippen molar-refractivity contribution < 1.29 is 18.7 Å². The number of ether oxygens (including phenoxy) is 1. The third kappa shape index (κ3) is 3.68. The van der Waals surface area contributed by atoms with Crippen LogP contribution in [-0.4, -0.2) is 61.5 Å². The number of amides is 2. The number of likely N-dealkylation sites (tertiary alicyclic amines) is 2. The number of hydrogen-bond donors (Lipinski definition) is 0. The molecule has 2 heterocycles. The van der Waals surface area contributed by atoms with Crippen LogP contribution in [0, 0.1) is 17.2 Å². The fraction of sp³-hybridized carbons (Fsp3) is 0.579. The molecule has 0 aromatic heterocycles. The molecular weight excluding hydrogens is 323 g/mol. The summed E-state index contributed by atoms with van der Waals surface area (Å²) in [6.07, 6.45) is 1.12. The Hall–Kier alpha value is -1.95. The third-order valence-corrected chi connectivity index (χ3v) is 5.63. The standard InChI is InChI=1S/C19H25FN2O3/c1-14(23)22-11-16-10-21(8-7-19(16,12-22)13-25-2)18(24)9-15-3-5-17(20)6-4-15/h3-6,16H,7-13H2,1-2H3/t16-,19+/m1/s1. The van der Waals surface area contributed by atoms with E-state index in [-0.39, 0.29) is 35.4 Å². The number of piperidine rings is 1. The molecule has 0 unspecified atom stereocenters. The number of carbonyl (C=O) groups is 2. The largest absolute Gasteiger partial charge is 0.384 e. The minimum atomic E-state index is -0.297. The van der Waals surface area contributed by atoms with Crippen LogP contribution in [0.3, 0.4) is 0 Å². The van der Waals surface area contributed by atoms with E-state index < -0.39 is 0 Å². The number of halogens is 1. The lowest BCUT2D eigenvalue weighted by molar-refractivity contribution is -0.135. The van der Waals surface area contributed by atoms with Crippen molar-refractivity contribution in [1.82, 2.24) is 9.80 Å². The van der Waals surface area contributed by atoms with Gasteiger partial charge in [-0.25, -0.2) is 4.39 Å². The van der Waals surface area contributed by atoms with Gasteiger partial charge in [-0.05, 0) is 24.1 Å². The van der Waals surface area contributed by atoms with Gasteiger partial charge in [0.25, 0.3) is 0 Å². The van der Waals surface area contributed by atoms with E-state index in [0.29, 0.717) is 32.8 Å². The average molecular weight is 348 g/mol. The zero-order valence-corrected chi connectivity index (χ0v) is 14.8. The molecule has 0 aliphatic carbocycles. The fourth-order valence-electron chi connectivity index (χ4n) is 4.16. The van der Waals surface area contributed by atoms with E-state index in [0.717, 1.165) is 12.0 Å². The highest BCUT2D eigenvalue weighted by atomic mass is 19.1. The molecule has 0 bridgehead atoms. The van der Waals surface area contributed by atoms with E-state index in [2.05, 4.69) is 0 Å². The Balaban J connectivity index is 1.67. The number of methoxy groups -OCH3 is 1. The monoisotopic (exact) mass is 348 g/mol. The molecule has 25 heavy (non-hydrogen) atoms. The van der Waals surface area contributed by atoms with Crippen LogP contribution in [-0.2, 0) is 20.7 Å². The van der Waals surface area contributed by atoms with Crippen LogP contribution in [0.4, 0.5) is 4.39 Å². The molecule has 1 aromatic carbocycles. The molecule has 2 saturated heterocycles. The zero-order chi connectivity index (χ0) is 18.0. The van der Waals surface area contributed by atoms with Gasteiger partial charge in [0.2, 0.25) is 11.8 Å². The predicted molar refractivity (Wildman–Crippen MR) is 91.4 cm³/mol. The number of fused-ring (bicyclic) bond motifs is 1. The highest BCUT2D eigenvalue weighted by Gasteiger charge is 2.50. The molecule has 0 spiro atoms. The normalized spacial score (nSPS) is 25.8. The summed E-state index contributed by atoms with van der Waals surface area (Å²) in [6.45, 7) is 4.91. The van der Waals surface area contributed by atoms with Gasteiger partial charge in [-0.2, -0.15) is 0 Å². The lowest BCUT2D eigenvalue weighted by atomic mass is 9.73. The van der Waals surface area contributed by atoms with E-state index in [1.54, 1.807) is 26.2 Å². The first kappa shape index (κ1) is 17.9. The zero-order valence-electron chi connectivity index (χ0n) is 14.8. The van der Waals surface area contributed by atoms with Crippen LogP contribution < -0.4 is 0 Å². The molecule has 0 N–H and O–H groups in total. The molecule has 0 radical (unpaired) electrons. The summed E-state index contributed by atoms with van der Waals surface area (Å²) < 4.78 is 18.4. The van der Waals surface area contributed by atoms with Gasteiger partial charge in [0, 0.05) is 51.5 Å². The summed E-state index contributed by atoms with van der Waals surface area (Å²) in [5.41, 5.74) is 0.768. The number of carbonyl (C=O) groups excluding carboxylic acids is 2. The number of hydrogen-bond acceptors (Lipinski definition) is 3. The van der Waals surface area contributed by atoms with Crippen LogP contribution in [0.25, 0.3) is 0 Å². The second-order valence-electron chi connectivity index (χ2n) is 7.28. The Morgan fingerprint density at radius 2 is 1.92 bits per heavy atom. The lowest BCUT2D eigenvalue weighted by Crippen LogP contribution is -2.51. The Kier molecular flexibility index (Phi) is 5.08. The fourth-order valence-corrected chi connectivity index (χ4v) is 4.16. The third-order valence-electron chi connectivity index (χ3n) is 5.63. The Morgan fingerprint density at radius 3 is 2.56 bits per heavy atom. The van der Waals surface area contributed by atoms with Crippen LogP contribution >= 0.6 is 0 Å². The van der Waals surface area contributed by atoms with E-state index in [1.807, 2.05) is 9.80 Å². The minimum absolute atomic E-state index is 0.0485. The maximum Gasteiger partial charge on any atom is 0.227 e. The molecule has 2 amide bonds. The highest BCUT2D eigenvalue weighted by Crippen LogP contribution is 2.43. The van der Waals surface area contributed by atoms with Crippen molar-refractivity contribution in [3.63, 3.8) is 0 Å². The first-order valence-electron chi connectivity index (χ1n) is 8.70. The van der Waals surface area contributed by atoms with Gasteiger partial charge in [0.05, 0.1) is 13.0 Å². The van der Waals surface area contributed by atoms with E-state index in [1.165, 1.54) is 12.1 Å². The molecule has 0 saturated carbocycles. The summed E-state index contributed by atoms with van der Waals surface area (Å²) in [7, 11) is 1.69. The molecule has 2 fully saturated rings. The maximum absolute atomic E-state index is 13.0. The summed E-state index contributed by atoms with van der Waals surface area (Å²) in [6, 6.07) is 6.06. The Bertz CT molecular complexity index is 649. The Labute approximate surface area is 147 Å². The van der Waals surface area contributed by atoms with Gasteiger partial charge in [-0.3, -0.25) is 9.59 Å². The van der Waals surface area contributed by atoms with Crippen molar-refractivity contribution in [2.45, 2.75) is 19.8 Å². The summed E-state index contributed by atoms with van der Waals surface area (Å²) in [4.78, 5) is 28.2. The lowest BCUT2D eigenvalue weighted by Gasteiger charge is -2.43. The van der Waals surface area contributed by atoms with Gasteiger partial charge in [-0.1, -0.05) is 12.1 Å². The quantitative estimate of drug-likeness (QED) is 0.832. The minimum Gasteiger partial charge on any atom is -0.384 e. The molecule has 5 nitrogen and oxygen atoms in total. The van der Waals surface area contributed by atoms with Gasteiger partial charge in [0.15, 0.2) is 0 Å². The van der Waals surface area contributed by atoms with Crippen LogP contribution in [0.2, 0.25) is 0 Å². The van der Waals surface area contributed by atoms with Crippen molar-refractivity contribution in [2.75, 3.05) is 39.9 Å². The molecule has 2 aliphatic heterocycles. The highest BCUT2D eigenvalue weighted by molar-refractivity contribution is 5.79. The topological polar surface area (TPSA) is 49.9 Å². The predicted octanol–water partition coefficient (Wildman–Crippen LogP) is 1.71. The van der Waals surface area contributed by atoms with Gasteiger partial charge >= 0.3 is 0 Å². The van der Waals surface area contributed by atoms with Gasteiger partial charge in [-0.15, -0.1) is 0 Å². The second-order valence-corrected chi connectivity index (χ2v) is 7.28. The summed E-state index contributed by atoms with van der Waals surface area (Å²) in [5, 5.41) is 0. The maximum atomic E-state index is 13.0. The van der Waals surface area contributed by atoms with E-state index >= 15 is 0 Å². The summed E-state index contributed by atoms with van der Waals surface area (Å²) >= 11 is 0. The van der Waals surface area contributed by atoms with Crippen LogP contribution in [0.5, 0.6) is 0 Å². The SMILES string of the molecule is COC[C@@]12CCN(C(=O)Cc3ccc(F)cc3)C[C@@H]1CN(C(C)=O)C2. The van der Waals surface area contributed by atoms with Crippen molar-refractivity contribution >= 4 is 11.8 Å². The first-order valence-corrected chi connectivity index (χ1v) is 8.70. The molecular formula is C19H25FN2O3. The van der Waals surface area contributed by atoms with Gasteiger partial charge < -0.3 is 14.5 Å².